The zero-order valence-electron chi connectivity index (χ0n) is 16.6. The summed E-state index contributed by atoms with van der Waals surface area (Å²) in [6.45, 7) is 2.02. The Morgan fingerprint density at radius 1 is 0.963 bits per heavy atom. The second-order valence-corrected chi connectivity index (χ2v) is 7.61. The Morgan fingerprint density at radius 2 is 1.48 bits per heavy atom. The molecule has 0 saturated heterocycles. The molecule has 0 heterocycles. The average molecular weight is 368 g/mol. The number of benzene rings is 1. The smallest absolute Gasteiger partial charge is 0.263 e. The minimum absolute atomic E-state index is 0.127. The SMILES string of the molecule is Cc1ccc(N/C=C(/C#N)C(=O)NC2CCCCCCCCCCC2)cc1. The van der Waals surface area contributed by atoms with Crippen LogP contribution in [0.3, 0.4) is 0 Å². The van der Waals surface area contributed by atoms with Gasteiger partial charge in [0.1, 0.15) is 11.6 Å². The number of carbonyl (C=O) groups is 1. The van der Waals surface area contributed by atoms with E-state index in [0.717, 1.165) is 31.4 Å². The monoisotopic (exact) mass is 367 g/mol. The number of anilines is 1. The van der Waals surface area contributed by atoms with Gasteiger partial charge in [-0.05, 0) is 31.9 Å². The maximum Gasteiger partial charge on any atom is 0.263 e. The molecular weight excluding hydrogens is 334 g/mol. The van der Waals surface area contributed by atoms with Gasteiger partial charge in [-0.3, -0.25) is 4.79 Å². The predicted octanol–water partition coefficient (Wildman–Crippen LogP) is 5.60. The summed E-state index contributed by atoms with van der Waals surface area (Å²) < 4.78 is 0. The van der Waals surface area contributed by atoms with Crippen LogP contribution < -0.4 is 10.6 Å². The number of hydrogen-bond acceptors (Lipinski definition) is 3. The predicted molar refractivity (Wildman–Crippen MR) is 111 cm³/mol. The van der Waals surface area contributed by atoms with Crippen LogP contribution in [0.4, 0.5) is 5.69 Å². The molecule has 0 aliphatic heterocycles. The van der Waals surface area contributed by atoms with Crippen LogP contribution in [-0.4, -0.2) is 11.9 Å². The van der Waals surface area contributed by atoms with Gasteiger partial charge >= 0.3 is 0 Å². The normalized spacial score (nSPS) is 17.9. The largest absolute Gasteiger partial charge is 0.360 e. The molecule has 0 atom stereocenters. The van der Waals surface area contributed by atoms with E-state index in [1.54, 1.807) is 0 Å². The van der Waals surface area contributed by atoms with Gasteiger partial charge < -0.3 is 10.6 Å². The molecular formula is C23H33N3O. The molecule has 1 amide bonds. The van der Waals surface area contributed by atoms with Gasteiger partial charge in [-0.1, -0.05) is 75.5 Å². The molecule has 1 aliphatic carbocycles. The summed E-state index contributed by atoms with van der Waals surface area (Å²) in [5.74, 6) is -0.269. The molecule has 1 fully saturated rings. The molecule has 146 valence electrons. The number of nitrogens with zero attached hydrogens (tertiary/aromatic N) is 1. The van der Waals surface area contributed by atoms with Crippen LogP contribution in [0.1, 0.15) is 76.2 Å². The first kappa shape index (κ1) is 21.0. The van der Waals surface area contributed by atoms with Crippen LogP contribution >= 0.6 is 0 Å². The number of carbonyl (C=O) groups excluding carboxylic acids is 1. The minimum atomic E-state index is -0.269. The first-order valence-corrected chi connectivity index (χ1v) is 10.4. The van der Waals surface area contributed by atoms with Gasteiger partial charge in [0, 0.05) is 17.9 Å². The van der Waals surface area contributed by atoms with E-state index in [1.165, 1.54) is 56.7 Å². The maximum absolute atomic E-state index is 12.6. The second kappa shape index (κ2) is 12.2. The summed E-state index contributed by atoms with van der Waals surface area (Å²) in [5, 5.41) is 15.5. The fourth-order valence-electron chi connectivity index (χ4n) is 3.52. The van der Waals surface area contributed by atoms with Crippen LogP contribution in [-0.2, 0) is 4.79 Å². The number of nitriles is 1. The average Bonchev–Trinajstić information content (AvgIpc) is 2.66. The first-order chi connectivity index (χ1) is 13.2. The van der Waals surface area contributed by atoms with Crippen molar-refractivity contribution >= 4 is 11.6 Å². The number of rotatable bonds is 4. The van der Waals surface area contributed by atoms with Gasteiger partial charge in [0.15, 0.2) is 0 Å². The number of nitrogens with one attached hydrogen (secondary N) is 2. The fourth-order valence-corrected chi connectivity index (χ4v) is 3.52. The summed E-state index contributed by atoms with van der Waals surface area (Å²) >= 11 is 0. The van der Waals surface area contributed by atoms with Crippen molar-refractivity contribution in [1.29, 1.82) is 5.26 Å². The third-order valence-electron chi connectivity index (χ3n) is 5.24. The maximum atomic E-state index is 12.6. The van der Waals surface area contributed by atoms with E-state index in [-0.39, 0.29) is 17.5 Å². The van der Waals surface area contributed by atoms with Crippen molar-refractivity contribution in [2.24, 2.45) is 0 Å². The van der Waals surface area contributed by atoms with Gasteiger partial charge in [-0.2, -0.15) is 5.26 Å². The highest BCUT2D eigenvalue weighted by molar-refractivity contribution is 5.97. The molecule has 1 aromatic carbocycles. The Balaban J connectivity index is 1.90. The summed E-state index contributed by atoms with van der Waals surface area (Å²) in [7, 11) is 0. The van der Waals surface area contributed by atoms with E-state index in [2.05, 4.69) is 10.6 Å². The van der Waals surface area contributed by atoms with E-state index >= 15 is 0 Å². The Morgan fingerprint density at radius 3 is 2.00 bits per heavy atom. The molecule has 4 heteroatoms. The molecule has 1 saturated carbocycles. The zero-order chi connectivity index (χ0) is 19.3. The quantitative estimate of drug-likeness (QED) is 0.537. The van der Waals surface area contributed by atoms with Crippen LogP contribution in [0.15, 0.2) is 36.0 Å². The number of aryl methyl sites for hydroxylation is 1. The molecule has 2 rings (SSSR count). The molecule has 0 aromatic heterocycles. The van der Waals surface area contributed by atoms with E-state index in [9.17, 15) is 10.1 Å². The first-order valence-electron chi connectivity index (χ1n) is 10.4. The van der Waals surface area contributed by atoms with Crippen molar-refractivity contribution in [3.05, 3.63) is 41.6 Å². The van der Waals surface area contributed by atoms with E-state index in [4.69, 9.17) is 0 Å². The fraction of sp³-hybridized carbons (Fsp3) is 0.565. The summed E-state index contributed by atoms with van der Waals surface area (Å²) in [4.78, 5) is 12.6. The summed E-state index contributed by atoms with van der Waals surface area (Å²) in [6, 6.07) is 10.1. The van der Waals surface area contributed by atoms with Crippen molar-refractivity contribution in [3.63, 3.8) is 0 Å². The molecule has 0 radical (unpaired) electrons. The van der Waals surface area contributed by atoms with Gasteiger partial charge in [0.25, 0.3) is 5.91 Å². The topological polar surface area (TPSA) is 64.9 Å². The third-order valence-corrected chi connectivity index (χ3v) is 5.24. The highest BCUT2D eigenvalue weighted by atomic mass is 16.1. The van der Waals surface area contributed by atoms with Gasteiger partial charge in [-0.15, -0.1) is 0 Å². The molecule has 27 heavy (non-hydrogen) atoms. The minimum Gasteiger partial charge on any atom is -0.360 e. The third kappa shape index (κ3) is 8.30. The second-order valence-electron chi connectivity index (χ2n) is 7.61. The molecule has 0 bridgehead atoms. The molecule has 2 N–H and O–H groups in total. The van der Waals surface area contributed by atoms with Crippen molar-refractivity contribution in [2.75, 3.05) is 5.32 Å². The Labute approximate surface area is 164 Å². The van der Waals surface area contributed by atoms with Crippen LogP contribution in [0.25, 0.3) is 0 Å². The number of amides is 1. The van der Waals surface area contributed by atoms with Gasteiger partial charge in [-0.25, -0.2) is 0 Å². The van der Waals surface area contributed by atoms with Crippen LogP contribution in [0, 0.1) is 18.3 Å². The molecule has 4 nitrogen and oxygen atoms in total. The highest BCUT2D eigenvalue weighted by Gasteiger charge is 2.16. The Hall–Kier alpha value is -2.28. The van der Waals surface area contributed by atoms with Crippen LogP contribution in [0.2, 0.25) is 0 Å². The van der Waals surface area contributed by atoms with Crippen molar-refractivity contribution < 1.29 is 4.79 Å². The van der Waals surface area contributed by atoms with Crippen molar-refractivity contribution in [3.8, 4) is 6.07 Å². The van der Waals surface area contributed by atoms with Crippen molar-refractivity contribution in [1.82, 2.24) is 5.32 Å². The van der Waals surface area contributed by atoms with Crippen LogP contribution in [0.5, 0.6) is 0 Å². The lowest BCUT2D eigenvalue weighted by atomic mass is 9.98. The summed E-state index contributed by atoms with van der Waals surface area (Å²) in [5.41, 5.74) is 2.17. The molecule has 0 unspecified atom stereocenters. The standard InChI is InChI=1S/C23H33N3O/c1-19-13-15-21(16-14-19)25-18-20(17-24)23(27)26-22-11-9-7-5-3-2-4-6-8-10-12-22/h13-16,18,22,25H,2-12H2,1H3,(H,26,27)/b20-18-. The Kier molecular flexibility index (Phi) is 9.48. The molecule has 1 aliphatic rings. The van der Waals surface area contributed by atoms with E-state index < -0.39 is 0 Å². The summed E-state index contributed by atoms with van der Waals surface area (Å²) in [6.07, 6.45) is 14.9. The molecule has 1 aromatic rings. The molecule has 0 spiro atoms. The zero-order valence-corrected chi connectivity index (χ0v) is 16.6. The van der Waals surface area contributed by atoms with Crippen molar-refractivity contribution in [2.45, 2.75) is 83.6 Å². The van der Waals surface area contributed by atoms with Gasteiger partial charge in [0.2, 0.25) is 0 Å². The van der Waals surface area contributed by atoms with E-state index in [0.29, 0.717) is 0 Å². The number of hydrogen-bond donors (Lipinski definition) is 2. The lowest BCUT2D eigenvalue weighted by Gasteiger charge is -2.19. The lowest BCUT2D eigenvalue weighted by Crippen LogP contribution is -2.35. The highest BCUT2D eigenvalue weighted by Crippen LogP contribution is 2.17. The van der Waals surface area contributed by atoms with E-state index in [1.807, 2.05) is 37.3 Å². The van der Waals surface area contributed by atoms with Gasteiger partial charge in [0.05, 0.1) is 0 Å². The lowest BCUT2D eigenvalue weighted by molar-refractivity contribution is -0.117. The Bertz CT molecular complexity index is 631.